The highest BCUT2D eigenvalue weighted by Crippen LogP contribution is 2.24. The quantitative estimate of drug-likeness (QED) is 0.0355. The second-order valence-corrected chi connectivity index (χ2v) is 13.0. The van der Waals surface area contributed by atoms with Gasteiger partial charge < -0.3 is 21.7 Å². The standard InChI is InChI=1S/C21H33N3.C9H15NS.C8H15N.C7H12/c1-4-6-8-10-11-13-14-23-20-17-21(19(22)16-18(20)3)24-15-12-9-7-5-2;1-5-6-9(10(3)4)7-8(2)11;1-4-6-8(9)7(3)5-2;1-3-5-7-6-4-2/h5,7,9,12,15-17,23-24H,2,4,6,8,10-11,13-14,22H2,1,3H3;5-7,11H,1H2,2-4H3;5-6H,4,9H2,1-3H3;3-4,6H,1,5,7H2,2H3/p+2/b9-7-,15-12-;8-7+,9-6+;7-5-,8-6+;6-4-. The van der Waals surface area contributed by atoms with Crippen LogP contribution in [0.15, 0.2) is 133 Å². The van der Waals surface area contributed by atoms with E-state index in [-0.39, 0.29) is 0 Å². The third-order valence-corrected chi connectivity index (χ3v) is 7.42. The van der Waals surface area contributed by atoms with Gasteiger partial charge in [-0.25, -0.2) is 0 Å². The van der Waals surface area contributed by atoms with Gasteiger partial charge in [-0.2, -0.15) is 0 Å². The van der Waals surface area contributed by atoms with Crippen molar-refractivity contribution in [3.8, 4) is 0 Å². The molecule has 7 N–H and O–H groups in total. The Labute approximate surface area is 320 Å². The summed E-state index contributed by atoms with van der Waals surface area (Å²) in [4.78, 5) is 3.14. The van der Waals surface area contributed by atoms with Crippen LogP contribution in [-0.2, 0) is 12.6 Å². The molecule has 0 fully saturated rings. The summed E-state index contributed by atoms with van der Waals surface area (Å²) in [6.45, 7) is 26.4. The summed E-state index contributed by atoms with van der Waals surface area (Å²) in [5, 5.41) is 5.60. The number of aryl methyl sites for hydroxylation is 1. The summed E-state index contributed by atoms with van der Waals surface area (Å²) in [6, 6.07) is 4.19. The van der Waals surface area contributed by atoms with Crippen LogP contribution in [0.1, 0.15) is 105 Å². The molecule has 0 aliphatic rings. The molecule has 0 spiro atoms. The van der Waals surface area contributed by atoms with Crippen LogP contribution in [-0.4, -0.2) is 25.5 Å². The molecule has 0 saturated heterocycles. The van der Waals surface area contributed by atoms with Gasteiger partial charge in [0.15, 0.2) is 5.69 Å². The number of benzene rings is 1. The lowest BCUT2D eigenvalue weighted by Crippen LogP contribution is -2.71. The van der Waals surface area contributed by atoms with E-state index in [2.05, 4.69) is 76.7 Å². The first kappa shape index (κ1) is 51.5. The van der Waals surface area contributed by atoms with Gasteiger partial charge in [0.2, 0.25) is 0 Å². The average Bonchev–Trinajstić information content (AvgIpc) is 3.09. The topological polar surface area (TPSA) is 83.9 Å². The number of nitrogen functional groups attached to an aromatic ring is 1. The number of unbranched alkanes of at least 4 members (excludes halogenated alkanes) is 6. The fourth-order valence-electron chi connectivity index (χ4n) is 4.17. The number of nitrogens with zero attached hydrogens (tertiary/aromatic N) is 1. The van der Waals surface area contributed by atoms with Gasteiger partial charge in [-0.1, -0.05) is 114 Å². The number of allylic oxidation sites excluding steroid dienone is 14. The fourth-order valence-corrected chi connectivity index (χ4v) is 4.32. The first-order valence-corrected chi connectivity index (χ1v) is 19.0. The number of hydrogen-bond acceptors (Lipinski definition) is 4. The smallest absolute Gasteiger partial charge is 0.159 e. The normalized spacial score (nSPS) is 12.0. The highest BCUT2D eigenvalue weighted by molar-refractivity contribution is 7.63. The molecule has 0 heterocycles. The average molecular weight is 720 g/mol. The molecule has 0 aromatic heterocycles. The van der Waals surface area contributed by atoms with Crippen LogP contribution in [0, 0.1) is 6.92 Å². The molecule has 1 aromatic rings. The Morgan fingerprint density at radius 2 is 1.61 bits per heavy atom. The highest BCUT2D eigenvalue weighted by Gasteiger charge is 2.07. The molecular weight excluding hydrogens is 643 g/mol. The van der Waals surface area contributed by atoms with E-state index in [0.29, 0.717) is 0 Å². The van der Waals surface area contributed by atoms with E-state index < -0.39 is 0 Å². The van der Waals surface area contributed by atoms with E-state index in [4.69, 9.17) is 11.5 Å². The molecule has 5 nitrogen and oxygen atoms in total. The van der Waals surface area contributed by atoms with E-state index in [1.807, 2.05) is 113 Å². The van der Waals surface area contributed by atoms with Crippen LogP contribution < -0.4 is 22.1 Å². The molecule has 51 heavy (non-hydrogen) atoms. The molecule has 0 atom stereocenters. The zero-order valence-corrected chi connectivity index (χ0v) is 35.0. The Balaban J connectivity index is -0.000000704. The Morgan fingerprint density at radius 1 is 0.941 bits per heavy atom. The van der Waals surface area contributed by atoms with Crippen LogP contribution >= 0.6 is 0 Å². The molecule has 286 valence electrons. The second kappa shape index (κ2) is 37.4. The second-order valence-electron chi connectivity index (χ2n) is 12.2. The zero-order valence-electron chi connectivity index (χ0n) is 34.0. The van der Waals surface area contributed by atoms with Gasteiger partial charge in [-0.3, -0.25) is 5.32 Å². The Hall–Kier alpha value is -3.87. The molecule has 0 aliphatic heterocycles. The largest absolute Gasteiger partial charge is 0.399 e. The maximum atomic E-state index is 6.13. The molecule has 0 radical (unpaired) electrons. The summed E-state index contributed by atoms with van der Waals surface area (Å²) in [5.41, 5.74) is 19.2. The van der Waals surface area contributed by atoms with Crippen molar-refractivity contribution in [2.24, 2.45) is 5.73 Å². The zero-order chi connectivity index (χ0) is 39.3. The fraction of sp³-hybridized carbons (Fsp3) is 0.422. The Kier molecular flexibility index (Phi) is 37.8. The van der Waals surface area contributed by atoms with Crippen molar-refractivity contribution >= 4 is 29.7 Å². The predicted molar refractivity (Wildman–Crippen MR) is 240 cm³/mol. The van der Waals surface area contributed by atoms with E-state index in [0.717, 1.165) is 59.1 Å². The number of rotatable bonds is 20. The Bertz CT molecular complexity index is 1270. The van der Waals surface area contributed by atoms with Gasteiger partial charge in [0, 0.05) is 56.8 Å². The van der Waals surface area contributed by atoms with E-state index in [1.54, 1.807) is 12.2 Å². The first-order chi connectivity index (χ1) is 24.4. The van der Waals surface area contributed by atoms with Gasteiger partial charge in [-0.15, -0.1) is 6.58 Å². The lowest BCUT2D eigenvalue weighted by molar-refractivity contribution is -0.495. The number of nitrogens with two attached hydrogens (primary N) is 3. The lowest BCUT2D eigenvalue weighted by Gasteiger charge is -2.12. The van der Waals surface area contributed by atoms with Crippen LogP contribution in [0.5, 0.6) is 0 Å². The molecular formula is C45H77N5S+2. The van der Waals surface area contributed by atoms with Gasteiger partial charge in [-0.05, 0) is 95.4 Å². The minimum absolute atomic E-state index is 0.815. The number of nitrogens with one attached hydrogen (secondary N) is 1. The summed E-state index contributed by atoms with van der Waals surface area (Å²) in [7, 11) is 4.00. The monoisotopic (exact) mass is 720 g/mol. The molecule has 0 bridgehead atoms. The van der Waals surface area contributed by atoms with Gasteiger partial charge in [0.1, 0.15) is 4.91 Å². The first-order valence-electron chi connectivity index (χ1n) is 18.5. The van der Waals surface area contributed by atoms with Crippen molar-refractivity contribution < 1.29 is 5.32 Å². The number of quaternary nitrogens is 1. The van der Waals surface area contributed by atoms with Gasteiger partial charge >= 0.3 is 0 Å². The number of likely N-dealkylation sites (N-methyl/N-ethyl adjacent to an activating group) is 1. The molecule has 0 unspecified atom stereocenters. The molecule has 1 rings (SSSR count). The van der Waals surface area contributed by atoms with Crippen LogP contribution in [0.4, 0.5) is 17.1 Å². The molecule has 0 saturated carbocycles. The van der Waals surface area contributed by atoms with Crippen molar-refractivity contribution in [1.29, 1.82) is 0 Å². The van der Waals surface area contributed by atoms with Crippen molar-refractivity contribution in [3.05, 3.63) is 138 Å². The van der Waals surface area contributed by atoms with Crippen molar-refractivity contribution in [1.82, 2.24) is 4.90 Å². The number of anilines is 2. The van der Waals surface area contributed by atoms with Crippen LogP contribution in [0.3, 0.4) is 0 Å². The summed E-state index contributed by atoms with van der Waals surface area (Å²) >= 11 is 3.42. The summed E-state index contributed by atoms with van der Waals surface area (Å²) in [5.74, 6) is 0. The maximum absolute atomic E-state index is 6.13. The minimum atomic E-state index is 0.815. The van der Waals surface area contributed by atoms with Crippen LogP contribution in [0.2, 0.25) is 0 Å². The molecule has 1 aromatic carbocycles. The molecule has 6 heteroatoms. The third kappa shape index (κ3) is 33.1. The third-order valence-electron chi connectivity index (χ3n) is 7.28. The lowest BCUT2D eigenvalue weighted by atomic mass is 10.1. The van der Waals surface area contributed by atoms with Gasteiger partial charge in [0.05, 0.1) is 11.9 Å². The highest BCUT2D eigenvalue weighted by atomic mass is 32.1. The maximum Gasteiger partial charge on any atom is 0.159 e. The minimum Gasteiger partial charge on any atom is -0.399 e. The molecule has 0 aliphatic carbocycles. The van der Waals surface area contributed by atoms with E-state index in [9.17, 15) is 0 Å². The summed E-state index contributed by atoms with van der Waals surface area (Å²) < 4.78 is 0. The number of hydrogen-bond donors (Lipinski definition) is 4. The summed E-state index contributed by atoms with van der Waals surface area (Å²) in [6.07, 6.45) is 36.7. The van der Waals surface area contributed by atoms with Crippen molar-refractivity contribution in [2.75, 3.05) is 31.7 Å². The van der Waals surface area contributed by atoms with Crippen molar-refractivity contribution in [3.63, 3.8) is 0 Å². The molecule has 0 amide bonds. The van der Waals surface area contributed by atoms with Crippen LogP contribution in [0.25, 0.3) is 0 Å². The van der Waals surface area contributed by atoms with Crippen molar-refractivity contribution in [2.45, 2.75) is 106 Å². The van der Waals surface area contributed by atoms with E-state index in [1.165, 1.54) is 49.8 Å². The van der Waals surface area contributed by atoms with E-state index >= 15 is 0 Å². The Morgan fingerprint density at radius 3 is 2.14 bits per heavy atom. The van der Waals surface area contributed by atoms with Gasteiger partial charge in [0.25, 0.3) is 0 Å². The SMILES string of the molecule is C/C=C(C)\C(N)=C/CC.C=C/C=C(\C=C(/C)[SH2+])N(C)C.C=C/C=C\C=C/[NH2+]c1cc(NCCCCCCCC)c(C)cc1N.C=CCC/C=C\C. The predicted octanol–water partition coefficient (Wildman–Crippen LogP) is 11.1.